The fraction of sp³-hybridized carbons (Fsp3) is 0.333. The summed E-state index contributed by atoms with van der Waals surface area (Å²) >= 11 is 0. The summed E-state index contributed by atoms with van der Waals surface area (Å²) in [5, 5.41) is 0. The number of halogens is 1. The second kappa shape index (κ2) is 12.6. The fourth-order valence-electron chi connectivity index (χ4n) is 4.76. The van der Waals surface area contributed by atoms with Gasteiger partial charge in [0.05, 0.1) is 10.9 Å². The number of piperidine rings is 1. The highest BCUT2D eigenvalue weighted by molar-refractivity contribution is 7.89. The predicted molar refractivity (Wildman–Crippen MR) is 148 cm³/mol. The first-order valence-corrected chi connectivity index (χ1v) is 14.5. The van der Waals surface area contributed by atoms with Gasteiger partial charge in [0.1, 0.15) is 5.82 Å². The van der Waals surface area contributed by atoms with Gasteiger partial charge in [-0.1, -0.05) is 42.5 Å². The molecule has 1 saturated heterocycles. The summed E-state index contributed by atoms with van der Waals surface area (Å²) in [5.74, 6) is -1.01. The number of carbonyl (C=O) groups excluding carboxylic acids is 2. The summed E-state index contributed by atoms with van der Waals surface area (Å²) in [6.45, 7) is 1.69. The number of carbonyl (C=O) groups is 2. The van der Waals surface area contributed by atoms with Crippen molar-refractivity contribution in [3.8, 4) is 0 Å². The Balaban J connectivity index is 1.48. The van der Waals surface area contributed by atoms with E-state index in [4.69, 9.17) is 0 Å². The number of likely N-dealkylation sites (tertiary alicyclic amines) is 1. The van der Waals surface area contributed by atoms with E-state index in [1.165, 1.54) is 41.3 Å². The predicted octanol–water partition coefficient (Wildman–Crippen LogP) is 3.69. The van der Waals surface area contributed by atoms with Gasteiger partial charge in [-0.15, -0.1) is 0 Å². The van der Waals surface area contributed by atoms with E-state index in [0.717, 1.165) is 31.5 Å². The molecule has 7 nitrogen and oxygen atoms in total. The Morgan fingerprint density at radius 3 is 2.18 bits per heavy atom. The van der Waals surface area contributed by atoms with Gasteiger partial charge in [-0.25, -0.2) is 17.5 Å². The maximum absolute atomic E-state index is 13.5. The average molecular weight is 552 g/mol. The highest BCUT2D eigenvalue weighted by atomic mass is 32.2. The van der Waals surface area contributed by atoms with Crippen LogP contribution in [0.4, 0.5) is 4.39 Å². The van der Waals surface area contributed by atoms with Crippen molar-refractivity contribution in [2.75, 3.05) is 27.2 Å². The molecule has 3 aromatic rings. The maximum atomic E-state index is 13.5. The molecule has 0 radical (unpaired) electrons. The van der Waals surface area contributed by atoms with E-state index in [1.54, 1.807) is 19.2 Å². The van der Waals surface area contributed by atoms with E-state index in [2.05, 4.69) is 9.62 Å². The Kier molecular flexibility index (Phi) is 9.27. The van der Waals surface area contributed by atoms with E-state index in [0.29, 0.717) is 12.0 Å². The first-order chi connectivity index (χ1) is 18.6. The molecule has 1 aliphatic rings. The molecule has 9 heteroatoms. The van der Waals surface area contributed by atoms with Crippen LogP contribution < -0.4 is 4.72 Å². The number of hydrogen-bond donors (Lipinski definition) is 1. The molecule has 1 heterocycles. The molecule has 1 fully saturated rings. The summed E-state index contributed by atoms with van der Waals surface area (Å²) in [7, 11) is -0.0806. The van der Waals surface area contributed by atoms with Crippen molar-refractivity contribution in [3.63, 3.8) is 0 Å². The Labute approximate surface area is 229 Å². The number of amides is 1. The highest BCUT2D eigenvalue weighted by Crippen LogP contribution is 2.18. The van der Waals surface area contributed by atoms with Crippen molar-refractivity contribution in [3.05, 3.63) is 101 Å². The molecule has 0 bridgehead atoms. The Hall–Kier alpha value is -3.40. The number of Topliss-reactive ketones (excluding diaryl/α,β-unsaturated/α-hetero) is 1. The minimum atomic E-state index is -3.67. The first-order valence-electron chi connectivity index (χ1n) is 13.0. The van der Waals surface area contributed by atoms with E-state index < -0.39 is 21.9 Å². The fourth-order valence-corrected chi connectivity index (χ4v) is 6.07. The highest BCUT2D eigenvalue weighted by Gasteiger charge is 2.28. The van der Waals surface area contributed by atoms with E-state index >= 15 is 0 Å². The third-order valence-corrected chi connectivity index (χ3v) is 8.71. The molecule has 0 aliphatic carbocycles. The molecule has 206 valence electrons. The van der Waals surface area contributed by atoms with Gasteiger partial charge >= 0.3 is 0 Å². The standard InChI is InChI=1S/C30H34FN3O4S/c1-33-18-16-26(17-19-33)32-39(37,38)27-14-8-23(9-15-27)21-29(35)28(20-22-6-4-3-5-7-22)34(2)30(36)24-10-12-25(31)13-11-24/h3-15,26,28,32H,16-21H2,1-2H3/t28-/m0/s1. The summed E-state index contributed by atoms with van der Waals surface area (Å²) in [6.07, 6.45) is 1.86. The molecule has 1 amide bonds. The van der Waals surface area contributed by atoms with Gasteiger partial charge in [0.15, 0.2) is 5.78 Å². The second-order valence-corrected chi connectivity index (χ2v) is 11.8. The maximum Gasteiger partial charge on any atom is 0.254 e. The number of sulfonamides is 1. The van der Waals surface area contributed by atoms with Crippen LogP contribution in [0.3, 0.4) is 0 Å². The van der Waals surface area contributed by atoms with Crippen molar-refractivity contribution in [1.82, 2.24) is 14.5 Å². The van der Waals surface area contributed by atoms with E-state index in [-0.39, 0.29) is 34.6 Å². The molecule has 1 N–H and O–H groups in total. The van der Waals surface area contributed by atoms with Gasteiger partial charge in [-0.2, -0.15) is 0 Å². The Morgan fingerprint density at radius 1 is 0.949 bits per heavy atom. The number of rotatable bonds is 10. The molecule has 3 aromatic carbocycles. The molecule has 0 saturated carbocycles. The van der Waals surface area contributed by atoms with Crippen LogP contribution in [-0.4, -0.2) is 69.2 Å². The lowest BCUT2D eigenvalue weighted by Gasteiger charge is -2.29. The third-order valence-electron chi connectivity index (χ3n) is 7.17. The normalized spacial score (nSPS) is 15.6. The lowest BCUT2D eigenvalue weighted by atomic mass is 9.96. The molecule has 39 heavy (non-hydrogen) atoms. The van der Waals surface area contributed by atoms with Crippen LogP contribution in [0.1, 0.15) is 34.3 Å². The van der Waals surface area contributed by atoms with Crippen LogP contribution in [0.5, 0.6) is 0 Å². The molecular weight excluding hydrogens is 517 g/mol. The summed E-state index contributed by atoms with van der Waals surface area (Å²) in [6, 6.07) is 20.1. The van der Waals surface area contributed by atoms with Gasteiger partial charge < -0.3 is 9.80 Å². The number of nitrogens with zero attached hydrogens (tertiary/aromatic N) is 2. The zero-order valence-corrected chi connectivity index (χ0v) is 23.0. The summed E-state index contributed by atoms with van der Waals surface area (Å²) < 4.78 is 41.9. The van der Waals surface area contributed by atoms with Gasteiger partial charge in [-0.3, -0.25) is 9.59 Å². The van der Waals surface area contributed by atoms with Crippen molar-refractivity contribution < 1.29 is 22.4 Å². The van der Waals surface area contributed by atoms with Gasteiger partial charge in [0, 0.05) is 25.1 Å². The van der Waals surface area contributed by atoms with Crippen LogP contribution in [0.2, 0.25) is 0 Å². The van der Waals surface area contributed by atoms with Crippen molar-refractivity contribution >= 4 is 21.7 Å². The number of likely N-dealkylation sites (N-methyl/N-ethyl adjacent to an activating group) is 1. The second-order valence-electron chi connectivity index (χ2n) is 10.1. The lowest BCUT2D eigenvalue weighted by molar-refractivity contribution is -0.122. The summed E-state index contributed by atoms with van der Waals surface area (Å²) in [4.78, 5) is 30.4. The van der Waals surface area contributed by atoms with Crippen LogP contribution in [0.25, 0.3) is 0 Å². The van der Waals surface area contributed by atoms with Crippen molar-refractivity contribution in [2.45, 2.75) is 42.7 Å². The molecule has 0 unspecified atom stereocenters. The molecule has 4 rings (SSSR count). The van der Waals surface area contributed by atoms with Crippen molar-refractivity contribution in [2.24, 2.45) is 0 Å². The molecule has 0 spiro atoms. The number of ketones is 1. The van der Waals surface area contributed by atoms with Crippen LogP contribution in [0.15, 0.2) is 83.8 Å². The molecule has 0 aromatic heterocycles. The Morgan fingerprint density at radius 2 is 1.56 bits per heavy atom. The van der Waals surface area contributed by atoms with Gasteiger partial charge in [-0.05, 0) is 86.9 Å². The van der Waals surface area contributed by atoms with Crippen LogP contribution >= 0.6 is 0 Å². The summed E-state index contributed by atoms with van der Waals surface area (Å²) in [5.41, 5.74) is 1.84. The molecule has 1 aliphatic heterocycles. The molecule has 1 atom stereocenters. The quantitative estimate of drug-likeness (QED) is 0.415. The SMILES string of the molecule is CN1CCC(NS(=O)(=O)c2ccc(CC(=O)[C@H](Cc3ccccc3)N(C)C(=O)c3ccc(F)cc3)cc2)CC1. The molecular formula is C30H34FN3O4S. The number of nitrogens with one attached hydrogen (secondary N) is 1. The third kappa shape index (κ3) is 7.59. The van der Waals surface area contributed by atoms with Crippen LogP contribution in [-0.2, 0) is 27.7 Å². The van der Waals surface area contributed by atoms with E-state index in [1.807, 2.05) is 37.4 Å². The number of benzene rings is 3. The lowest BCUT2D eigenvalue weighted by Crippen LogP contribution is -2.44. The number of hydrogen-bond acceptors (Lipinski definition) is 5. The average Bonchev–Trinajstić information content (AvgIpc) is 2.93. The smallest absolute Gasteiger partial charge is 0.254 e. The van der Waals surface area contributed by atoms with Crippen molar-refractivity contribution in [1.29, 1.82) is 0 Å². The van der Waals surface area contributed by atoms with Gasteiger partial charge in [0.2, 0.25) is 10.0 Å². The Bertz CT molecular complexity index is 1370. The topological polar surface area (TPSA) is 86.8 Å². The van der Waals surface area contributed by atoms with Crippen LogP contribution in [0, 0.1) is 5.82 Å². The minimum absolute atomic E-state index is 0.0290. The minimum Gasteiger partial charge on any atom is -0.331 e. The monoisotopic (exact) mass is 551 g/mol. The zero-order chi connectivity index (χ0) is 28.0. The first kappa shape index (κ1) is 28.6. The largest absolute Gasteiger partial charge is 0.331 e. The zero-order valence-electron chi connectivity index (χ0n) is 22.2. The van der Waals surface area contributed by atoms with E-state index in [9.17, 15) is 22.4 Å². The van der Waals surface area contributed by atoms with Gasteiger partial charge in [0.25, 0.3) is 5.91 Å².